The highest BCUT2D eigenvalue weighted by atomic mass is 32.1. The van der Waals surface area contributed by atoms with Crippen molar-refractivity contribution in [1.82, 2.24) is 9.55 Å². The number of imidazole rings is 1. The fourth-order valence-corrected chi connectivity index (χ4v) is 3.84. The number of aromatic nitrogens is 2. The van der Waals surface area contributed by atoms with E-state index in [2.05, 4.69) is 46.1 Å². The minimum absolute atomic E-state index is 0.0732. The summed E-state index contributed by atoms with van der Waals surface area (Å²) in [6, 6.07) is 8.44. The largest absolute Gasteiger partial charge is 0.374 e. The number of hydrogen-bond donors (Lipinski definition) is 0. The molecule has 0 saturated heterocycles. The molecule has 0 aliphatic heterocycles. The summed E-state index contributed by atoms with van der Waals surface area (Å²) in [5.74, 6) is 1.02. The number of hydrogen-bond acceptors (Lipinski definition) is 4. The Hall–Kier alpha value is -1.43. The molecule has 0 aliphatic carbocycles. The van der Waals surface area contributed by atoms with E-state index < -0.39 is 0 Å². The molecule has 0 aliphatic rings. The van der Waals surface area contributed by atoms with Crippen molar-refractivity contribution in [3.05, 3.63) is 51.8 Å². The number of nitrogens with zero attached hydrogens (tertiary/aromatic N) is 2. The lowest BCUT2D eigenvalue weighted by atomic mass is 10.3. The van der Waals surface area contributed by atoms with E-state index in [4.69, 9.17) is 4.74 Å². The first-order valence-electron chi connectivity index (χ1n) is 6.42. The molecule has 0 radical (unpaired) electrons. The summed E-state index contributed by atoms with van der Waals surface area (Å²) in [5, 5.41) is 2.08. The monoisotopic (exact) mass is 304 g/mol. The number of ether oxygens (including phenoxy) is 1. The van der Waals surface area contributed by atoms with E-state index in [1.807, 2.05) is 12.4 Å². The maximum absolute atomic E-state index is 5.63. The molecule has 104 valence electrons. The normalized spacial score (nSPS) is 12.7. The van der Waals surface area contributed by atoms with E-state index in [1.54, 1.807) is 29.8 Å². The second kappa shape index (κ2) is 5.91. The van der Waals surface area contributed by atoms with Crippen LogP contribution in [0.5, 0.6) is 0 Å². The van der Waals surface area contributed by atoms with Crippen LogP contribution in [-0.4, -0.2) is 16.7 Å². The molecule has 1 unspecified atom stereocenters. The zero-order chi connectivity index (χ0) is 13.9. The molecule has 5 heteroatoms. The molecule has 3 rings (SSSR count). The Bertz CT molecular complexity index is 670. The van der Waals surface area contributed by atoms with Crippen molar-refractivity contribution < 1.29 is 4.74 Å². The second-order valence-electron chi connectivity index (χ2n) is 4.55. The zero-order valence-electron chi connectivity index (χ0n) is 11.4. The Morgan fingerprint density at radius 1 is 1.35 bits per heavy atom. The lowest BCUT2D eigenvalue weighted by Crippen LogP contribution is -2.10. The van der Waals surface area contributed by atoms with E-state index >= 15 is 0 Å². The summed E-state index contributed by atoms with van der Waals surface area (Å²) in [4.78, 5) is 8.24. The fraction of sp³-hybridized carbons (Fsp3) is 0.267. The first kappa shape index (κ1) is 13.5. The van der Waals surface area contributed by atoms with Gasteiger partial charge in [0.05, 0.1) is 11.4 Å². The van der Waals surface area contributed by atoms with Gasteiger partial charge in [-0.05, 0) is 30.5 Å². The number of aryl methyl sites for hydroxylation is 1. The highest BCUT2D eigenvalue weighted by Crippen LogP contribution is 2.29. The molecule has 0 spiro atoms. The van der Waals surface area contributed by atoms with Crippen molar-refractivity contribution in [3.63, 3.8) is 0 Å². The Labute approximate surface area is 126 Å². The van der Waals surface area contributed by atoms with Crippen molar-refractivity contribution in [1.29, 1.82) is 0 Å². The molecule has 3 aromatic rings. The predicted octanol–water partition coefficient (Wildman–Crippen LogP) is 4.37. The fourth-order valence-electron chi connectivity index (χ4n) is 2.17. The van der Waals surface area contributed by atoms with Crippen LogP contribution in [0.25, 0.3) is 10.7 Å². The van der Waals surface area contributed by atoms with Crippen molar-refractivity contribution >= 4 is 22.7 Å². The highest BCUT2D eigenvalue weighted by Gasteiger charge is 2.15. The van der Waals surface area contributed by atoms with Gasteiger partial charge in [-0.1, -0.05) is 6.07 Å². The van der Waals surface area contributed by atoms with Crippen LogP contribution >= 0.6 is 22.7 Å². The third-order valence-electron chi connectivity index (χ3n) is 3.18. The van der Waals surface area contributed by atoms with Crippen LogP contribution in [0.4, 0.5) is 0 Å². The van der Waals surface area contributed by atoms with Gasteiger partial charge in [0.25, 0.3) is 0 Å². The molecule has 1 atom stereocenters. The molecular formula is C15H16N2OS2. The summed E-state index contributed by atoms with van der Waals surface area (Å²) in [7, 11) is 1.76. The second-order valence-corrected chi connectivity index (χ2v) is 6.82. The van der Waals surface area contributed by atoms with Crippen LogP contribution < -0.4 is 0 Å². The Morgan fingerprint density at radius 2 is 2.25 bits per heavy atom. The number of thiophene rings is 2. The molecule has 0 saturated carbocycles. The van der Waals surface area contributed by atoms with E-state index in [0.717, 1.165) is 12.4 Å². The SMILES string of the molecule is COC(Cn1ccnc1-c1ccc(C)s1)c1cccs1. The first-order chi connectivity index (χ1) is 9.78. The highest BCUT2D eigenvalue weighted by molar-refractivity contribution is 7.15. The maximum atomic E-state index is 5.63. The smallest absolute Gasteiger partial charge is 0.150 e. The third-order valence-corrected chi connectivity index (χ3v) is 5.14. The Morgan fingerprint density at radius 3 is 2.90 bits per heavy atom. The van der Waals surface area contributed by atoms with Crippen molar-refractivity contribution in [2.75, 3.05) is 7.11 Å². The molecule has 3 aromatic heterocycles. The average Bonchev–Trinajstić information content (AvgIpc) is 3.16. The maximum Gasteiger partial charge on any atom is 0.150 e. The average molecular weight is 304 g/mol. The summed E-state index contributed by atoms with van der Waals surface area (Å²) in [5.41, 5.74) is 0. The van der Waals surface area contributed by atoms with Crippen LogP contribution in [0.1, 0.15) is 15.9 Å². The lowest BCUT2D eigenvalue weighted by molar-refractivity contribution is 0.0912. The van der Waals surface area contributed by atoms with Crippen molar-refractivity contribution in [3.8, 4) is 10.7 Å². The molecule has 0 aromatic carbocycles. The summed E-state index contributed by atoms with van der Waals surface area (Å²) < 4.78 is 7.80. The molecule has 0 bridgehead atoms. The van der Waals surface area contributed by atoms with E-state index in [1.165, 1.54) is 14.6 Å². The quantitative estimate of drug-likeness (QED) is 0.700. The van der Waals surface area contributed by atoms with Crippen LogP contribution in [0, 0.1) is 6.92 Å². The van der Waals surface area contributed by atoms with E-state index in [0.29, 0.717) is 0 Å². The summed E-state index contributed by atoms with van der Waals surface area (Å²) >= 11 is 3.50. The van der Waals surface area contributed by atoms with Crippen molar-refractivity contribution in [2.45, 2.75) is 19.6 Å². The number of rotatable bonds is 5. The van der Waals surface area contributed by atoms with Crippen LogP contribution in [0.2, 0.25) is 0 Å². The van der Waals surface area contributed by atoms with Gasteiger partial charge in [0.15, 0.2) is 0 Å². The minimum atomic E-state index is 0.0732. The van der Waals surface area contributed by atoms with E-state index in [-0.39, 0.29) is 6.10 Å². The molecule has 3 heterocycles. The zero-order valence-corrected chi connectivity index (χ0v) is 13.1. The van der Waals surface area contributed by atoms with Crippen molar-refractivity contribution in [2.24, 2.45) is 0 Å². The molecule has 20 heavy (non-hydrogen) atoms. The van der Waals surface area contributed by atoms with Gasteiger partial charge in [-0.2, -0.15) is 0 Å². The van der Waals surface area contributed by atoms with Gasteiger partial charge in [-0.3, -0.25) is 0 Å². The Kier molecular flexibility index (Phi) is 4.00. The molecule has 0 fully saturated rings. The van der Waals surface area contributed by atoms with Gasteiger partial charge in [0.2, 0.25) is 0 Å². The van der Waals surface area contributed by atoms with Gasteiger partial charge in [0, 0.05) is 29.3 Å². The molecule has 0 N–H and O–H groups in total. The van der Waals surface area contributed by atoms with Gasteiger partial charge in [-0.25, -0.2) is 4.98 Å². The van der Waals surface area contributed by atoms with Gasteiger partial charge < -0.3 is 9.30 Å². The van der Waals surface area contributed by atoms with E-state index in [9.17, 15) is 0 Å². The van der Waals surface area contributed by atoms with Crippen LogP contribution in [0.15, 0.2) is 42.0 Å². The Balaban J connectivity index is 1.86. The minimum Gasteiger partial charge on any atom is -0.374 e. The van der Waals surface area contributed by atoms with Crippen LogP contribution in [0.3, 0.4) is 0 Å². The molecule has 0 amide bonds. The third kappa shape index (κ3) is 2.70. The summed E-state index contributed by atoms with van der Waals surface area (Å²) in [6.07, 6.45) is 3.94. The van der Waals surface area contributed by atoms with Gasteiger partial charge in [0.1, 0.15) is 11.9 Å². The lowest BCUT2D eigenvalue weighted by Gasteiger charge is -2.15. The first-order valence-corrected chi connectivity index (χ1v) is 8.11. The standard InChI is InChI=1S/C15H16N2OS2/c1-11-5-6-14(20-11)15-16-7-8-17(15)10-12(18-2)13-4-3-9-19-13/h3-9,12H,10H2,1-2H3. The topological polar surface area (TPSA) is 27.1 Å². The van der Waals surface area contributed by atoms with Gasteiger partial charge in [-0.15, -0.1) is 22.7 Å². The number of methoxy groups -OCH3 is 1. The molecule has 3 nitrogen and oxygen atoms in total. The molecular weight excluding hydrogens is 288 g/mol. The van der Waals surface area contributed by atoms with Crippen LogP contribution in [-0.2, 0) is 11.3 Å². The summed E-state index contributed by atoms with van der Waals surface area (Å²) in [6.45, 7) is 2.90. The predicted molar refractivity (Wildman–Crippen MR) is 84.3 cm³/mol. The van der Waals surface area contributed by atoms with Gasteiger partial charge >= 0.3 is 0 Å².